The summed E-state index contributed by atoms with van der Waals surface area (Å²) in [6.07, 6.45) is 2.61. The Morgan fingerprint density at radius 1 is 1.40 bits per heavy atom. The predicted molar refractivity (Wildman–Crippen MR) is 93.2 cm³/mol. The number of aromatic amines is 1. The standard InChI is InChI=1S/C16H25N5O3S/c1-12-17-15(19-18-12)25-10-13(22)21-7-5-16(11-21)4-3-6-20(14(16)23)8-9-24-2/h3-11H2,1-2H3,(H,17,18,19)/t16-/m0/s1. The van der Waals surface area contributed by atoms with E-state index in [1.807, 2.05) is 16.7 Å². The number of aryl methyl sites for hydroxylation is 1. The van der Waals surface area contributed by atoms with Crippen LogP contribution in [-0.4, -0.2) is 82.4 Å². The van der Waals surface area contributed by atoms with Crippen molar-refractivity contribution in [1.82, 2.24) is 25.0 Å². The van der Waals surface area contributed by atoms with E-state index in [9.17, 15) is 9.59 Å². The van der Waals surface area contributed by atoms with Crippen LogP contribution >= 0.6 is 11.8 Å². The molecule has 0 bridgehead atoms. The maximum absolute atomic E-state index is 12.9. The molecule has 0 radical (unpaired) electrons. The number of hydrogen-bond acceptors (Lipinski definition) is 6. The molecule has 3 heterocycles. The van der Waals surface area contributed by atoms with Gasteiger partial charge in [0.2, 0.25) is 17.0 Å². The second-order valence-electron chi connectivity index (χ2n) is 6.73. The van der Waals surface area contributed by atoms with Crippen LogP contribution < -0.4 is 0 Å². The molecule has 1 N–H and O–H groups in total. The lowest BCUT2D eigenvalue weighted by molar-refractivity contribution is -0.146. The van der Waals surface area contributed by atoms with E-state index in [0.29, 0.717) is 37.2 Å². The Labute approximate surface area is 151 Å². The van der Waals surface area contributed by atoms with Gasteiger partial charge in [0, 0.05) is 33.3 Å². The van der Waals surface area contributed by atoms with E-state index in [2.05, 4.69) is 15.2 Å². The molecule has 0 saturated carbocycles. The van der Waals surface area contributed by atoms with Crippen LogP contribution in [0.1, 0.15) is 25.1 Å². The predicted octanol–water partition coefficient (Wildman–Crippen LogP) is 0.693. The van der Waals surface area contributed by atoms with E-state index in [1.165, 1.54) is 11.8 Å². The molecule has 25 heavy (non-hydrogen) atoms. The van der Waals surface area contributed by atoms with Gasteiger partial charge in [-0.3, -0.25) is 14.7 Å². The number of methoxy groups -OCH3 is 1. The van der Waals surface area contributed by atoms with Gasteiger partial charge >= 0.3 is 0 Å². The molecule has 2 aliphatic rings. The molecule has 138 valence electrons. The molecule has 9 heteroatoms. The average molecular weight is 367 g/mol. The molecular formula is C16H25N5O3S. The topological polar surface area (TPSA) is 91.4 Å². The van der Waals surface area contributed by atoms with Gasteiger partial charge in [-0.25, -0.2) is 4.98 Å². The molecule has 2 aliphatic heterocycles. The molecule has 1 aromatic rings. The van der Waals surface area contributed by atoms with Crippen molar-refractivity contribution >= 4 is 23.6 Å². The highest BCUT2D eigenvalue weighted by Gasteiger charge is 2.49. The number of nitrogens with zero attached hydrogens (tertiary/aromatic N) is 4. The Hall–Kier alpha value is -1.61. The zero-order chi connectivity index (χ0) is 17.9. The number of nitrogens with one attached hydrogen (secondary N) is 1. The summed E-state index contributed by atoms with van der Waals surface area (Å²) < 4.78 is 5.10. The molecule has 1 spiro atoms. The van der Waals surface area contributed by atoms with E-state index < -0.39 is 5.41 Å². The first-order valence-electron chi connectivity index (χ1n) is 8.62. The number of carbonyl (C=O) groups excluding carboxylic acids is 2. The molecule has 1 aromatic heterocycles. The van der Waals surface area contributed by atoms with E-state index in [1.54, 1.807) is 7.11 Å². The lowest BCUT2D eigenvalue weighted by Gasteiger charge is -2.39. The molecule has 2 amide bonds. The van der Waals surface area contributed by atoms with Crippen molar-refractivity contribution in [3.8, 4) is 0 Å². The van der Waals surface area contributed by atoms with Crippen molar-refractivity contribution in [2.75, 3.05) is 45.6 Å². The number of piperidine rings is 1. The summed E-state index contributed by atoms with van der Waals surface area (Å²) in [4.78, 5) is 33.3. The van der Waals surface area contributed by atoms with Crippen LogP contribution in [-0.2, 0) is 14.3 Å². The first-order chi connectivity index (χ1) is 12.0. The normalized spacial score (nSPS) is 23.7. The van der Waals surface area contributed by atoms with Crippen LogP contribution in [0.3, 0.4) is 0 Å². The molecule has 0 aromatic carbocycles. The Kier molecular flexibility index (Phi) is 5.63. The summed E-state index contributed by atoms with van der Waals surface area (Å²) in [5.41, 5.74) is -0.395. The number of amides is 2. The number of hydrogen-bond donors (Lipinski definition) is 1. The van der Waals surface area contributed by atoms with E-state index in [4.69, 9.17) is 4.74 Å². The minimum absolute atomic E-state index is 0.0474. The number of aromatic nitrogens is 3. The van der Waals surface area contributed by atoms with E-state index >= 15 is 0 Å². The van der Waals surface area contributed by atoms with Crippen LogP contribution in [0.5, 0.6) is 0 Å². The van der Waals surface area contributed by atoms with Gasteiger partial charge in [-0.2, -0.15) is 0 Å². The second kappa shape index (κ2) is 7.74. The van der Waals surface area contributed by atoms with Crippen molar-refractivity contribution in [2.24, 2.45) is 5.41 Å². The van der Waals surface area contributed by atoms with Gasteiger partial charge in [0.25, 0.3) is 0 Å². The van der Waals surface area contributed by atoms with Gasteiger partial charge in [-0.15, -0.1) is 5.10 Å². The Balaban J connectivity index is 1.56. The molecular weight excluding hydrogens is 342 g/mol. The zero-order valence-electron chi connectivity index (χ0n) is 14.8. The number of rotatable bonds is 6. The first-order valence-corrected chi connectivity index (χ1v) is 9.60. The summed E-state index contributed by atoms with van der Waals surface area (Å²) >= 11 is 1.33. The van der Waals surface area contributed by atoms with Crippen LogP contribution in [0.15, 0.2) is 5.16 Å². The quantitative estimate of drug-likeness (QED) is 0.744. The third-order valence-electron chi connectivity index (χ3n) is 5.00. The molecule has 8 nitrogen and oxygen atoms in total. The molecule has 3 rings (SSSR count). The first kappa shape index (κ1) is 18.2. The Bertz CT molecular complexity index is 637. The minimum atomic E-state index is -0.395. The number of ether oxygens (including phenoxy) is 1. The van der Waals surface area contributed by atoms with Crippen molar-refractivity contribution < 1.29 is 14.3 Å². The number of likely N-dealkylation sites (tertiary alicyclic amines) is 2. The largest absolute Gasteiger partial charge is 0.383 e. The van der Waals surface area contributed by atoms with Crippen LogP contribution in [0, 0.1) is 12.3 Å². The van der Waals surface area contributed by atoms with Gasteiger partial charge in [-0.1, -0.05) is 11.8 Å². The maximum Gasteiger partial charge on any atom is 0.233 e. The maximum atomic E-state index is 12.9. The Morgan fingerprint density at radius 3 is 2.96 bits per heavy atom. The molecule has 0 unspecified atom stereocenters. The molecule has 2 fully saturated rings. The van der Waals surface area contributed by atoms with Gasteiger partial charge in [0.15, 0.2) is 0 Å². The average Bonchev–Trinajstić information content (AvgIpc) is 3.21. The van der Waals surface area contributed by atoms with Crippen LogP contribution in [0.2, 0.25) is 0 Å². The fourth-order valence-electron chi connectivity index (χ4n) is 3.64. The monoisotopic (exact) mass is 367 g/mol. The van der Waals surface area contributed by atoms with Crippen molar-refractivity contribution in [3.63, 3.8) is 0 Å². The fraction of sp³-hybridized carbons (Fsp3) is 0.750. The summed E-state index contributed by atoms with van der Waals surface area (Å²) in [6.45, 7) is 4.98. The highest BCUT2D eigenvalue weighted by molar-refractivity contribution is 7.99. The van der Waals surface area contributed by atoms with Crippen molar-refractivity contribution in [3.05, 3.63) is 5.82 Å². The number of carbonyl (C=O) groups is 2. The third-order valence-corrected chi connectivity index (χ3v) is 5.83. The summed E-state index contributed by atoms with van der Waals surface area (Å²) in [6, 6.07) is 0. The molecule has 2 saturated heterocycles. The third kappa shape index (κ3) is 3.98. The van der Waals surface area contributed by atoms with Gasteiger partial charge in [0.1, 0.15) is 5.82 Å². The van der Waals surface area contributed by atoms with Crippen molar-refractivity contribution in [1.29, 1.82) is 0 Å². The van der Waals surface area contributed by atoms with Gasteiger partial charge < -0.3 is 14.5 Å². The second-order valence-corrected chi connectivity index (χ2v) is 7.67. The lowest BCUT2D eigenvalue weighted by atomic mass is 9.78. The number of thioether (sulfide) groups is 1. The lowest BCUT2D eigenvalue weighted by Crippen LogP contribution is -2.51. The summed E-state index contributed by atoms with van der Waals surface area (Å²) in [5.74, 6) is 1.27. The fourth-order valence-corrected chi connectivity index (χ4v) is 4.38. The SMILES string of the molecule is COCCN1CCC[C@@]2(CCN(C(=O)CSc3n[nH]c(C)n3)C2)C1=O. The highest BCUT2D eigenvalue weighted by Crippen LogP contribution is 2.40. The molecule has 1 atom stereocenters. The van der Waals surface area contributed by atoms with E-state index in [0.717, 1.165) is 31.6 Å². The van der Waals surface area contributed by atoms with Gasteiger partial charge in [-0.05, 0) is 26.2 Å². The summed E-state index contributed by atoms with van der Waals surface area (Å²) in [7, 11) is 1.65. The van der Waals surface area contributed by atoms with Crippen LogP contribution in [0.25, 0.3) is 0 Å². The Morgan fingerprint density at radius 2 is 2.24 bits per heavy atom. The highest BCUT2D eigenvalue weighted by atomic mass is 32.2. The van der Waals surface area contributed by atoms with Crippen molar-refractivity contribution in [2.45, 2.75) is 31.3 Å². The van der Waals surface area contributed by atoms with Gasteiger partial charge in [0.05, 0.1) is 17.8 Å². The molecule has 0 aliphatic carbocycles. The van der Waals surface area contributed by atoms with E-state index in [-0.39, 0.29) is 11.8 Å². The summed E-state index contributed by atoms with van der Waals surface area (Å²) in [5, 5.41) is 7.38. The zero-order valence-corrected chi connectivity index (χ0v) is 15.6. The number of H-pyrrole nitrogens is 1. The smallest absolute Gasteiger partial charge is 0.233 e. The van der Waals surface area contributed by atoms with Crippen LogP contribution in [0.4, 0.5) is 0 Å². The minimum Gasteiger partial charge on any atom is -0.383 e.